The van der Waals surface area contributed by atoms with E-state index in [-0.39, 0.29) is 11.6 Å². The number of piperidine rings is 1. The Morgan fingerprint density at radius 1 is 1.00 bits per heavy atom. The lowest BCUT2D eigenvalue weighted by Gasteiger charge is -2.27. The van der Waals surface area contributed by atoms with E-state index in [1.54, 1.807) is 24.3 Å². The van der Waals surface area contributed by atoms with Crippen molar-refractivity contribution >= 4 is 5.95 Å². The number of hydrogen-bond donors (Lipinski definition) is 0. The van der Waals surface area contributed by atoms with Crippen molar-refractivity contribution in [3.8, 4) is 17.0 Å². The van der Waals surface area contributed by atoms with Crippen molar-refractivity contribution in [2.45, 2.75) is 25.4 Å². The minimum absolute atomic E-state index is 0.148. The van der Waals surface area contributed by atoms with Crippen LogP contribution in [0.25, 0.3) is 11.3 Å². The standard InChI is InChI=1S/C17H18F3N3O/c1-24-13-7-5-12(6-8-13)14-11-15(17(18,19)20)22-16(21-14)23-9-3-2-4-10-23/h5-8,11H,2-4,9-10H2,1H3. The summed E-state index contributed by atoms with van der Waals surface area (Å²) in [6, 6.07) is 7.79. The lowest BCUT2D eigenvalue weighted by atomic mass is 10.1. The van der Waals surface area contributed by atoms with E-state index >= 15 is 0 Å². The number of rotatable bonds is 3. The third-order valence-electron chi connectivity index (χ3n) is 4.03. The monoisotopic (exact) mass is 337 g/mol. The van der Waals surface area contributed by atoms with Crippen molar-refractivity contribution in [1.29, 1.82) is 0 Å². The molecule has 7 heteroatoms. The van der Waals surface area contributed by atoms with Crippen LogP contribution in [0.3, 0.4) is 0 Å². The molecule has 0 radical (unpaired) electrons. The molecule has 0 amide bonds. The summed E-state index contributed by atoms with van der Waals surface area (Å²) in [6.45, 7) is 1.37. The molecule has 2 heterocycles. The van der Waals surface area contributed by atoms with Gasteiger partial charge in [-0.25, -0.2) is 9.97 Å². The zero-order valence-corrected chi connectivity index (χ0v) is 13.3. The second-order valence-corrected chi connectivity index (χ2v) is 5.71. The van der Waals surface area contributed by atoms with Gasteiger partial charge in [-0.3, -0.25) is 0 Å². The molecule has 0 atom stereocenters. The second kappa shape index (κ2) is 6.67. The van der Waals surface area contributed by atoms with E-state index < -0.39 is 11.9 Å². The fourth-order valence-corrected chi connectivity index (χ4v) is 2.72. The first kappa shape index (κ1) is 16.5. The molecular formula is C17H18F3N3O. The van der Waals surface area contributed by atoms with Gasteiger partial charge < -0.3 is 9.64 Å². The Labute approximate surface area is 138 Å². The van der Waals surface area contributed by atoms with Gasteiger partial charge in [0.05, 0.1) is 12.8 Å². The van der Waals surface area contributed by atoms with Crippen LogP contribution in [-0.4, -0.2) is 30.2 Å². The quantitative estimate of drug-likeness (QED) is 0.843. The minimum Gasteiger partial charge on any atom is -0.497 e. The van der Waals surface area contributed by atoms with Crippen molar-refractivity contribution in [2.75, 3.05) is 25.1 Å². The van der Waals surface area contributed by atoms with Gasteiger partial charge in [-0.15, -0.1) is 0 Å². The molecule has 1 aromatic carbocycles. The van der Waals surface area contributed by atoms with E-state index in [0.29, 0.717) is 24.4 Å². The Balaban J connectivity index is 2.03. The van der Waals surface area contributed by atoms with Crippen molar-refractivity contribution in [1.82, 2.24) is 9.97 Å². The SMILES string of the molecule is COc1ccc(-c2cc(C(F)(F)F)nc(N3CCCCC3)n2)cc1. The average Bonchev–Trinajstić information content (AvgIpc) is 2.61. The maximum absolute atomic E-state index is 13.2. The van der Waals surface area contributed by atoms with E-state index in [2.05, 4.69) is 9.97 Å². The number of methoxy groups -OCH3 is 1. The Bertz CT molecular complexity index is 695. The van der Waals surface area contributed by atoms with E-state index in [4.69, 9.17) is 4.74 Å². The molecule has 1 aliphatic heterocycles. The molecule has 0 N–H and O–H groups in total. The summed E-state index contributed by atoms with van der Waals surface area (Å²) < 4.78 is 44.7. The van der Waals surface area contributed by atoms with Crippen LogP contribution in [0.1, 0.15) is 25.0 Å². The van der Waals surface area contributed by atoms with Crippen LogP contribution in [-0.2, 0) is 6.18 Å². The predicted molar refractivity (Wildman–Crippen MR) is 85.1 cm³/mol. The highest BCUT2D eigenvalue weighted by molar-refractivity contribution is 5.62. The first-order valence-corrected chi connectivity index (χ1v) is 7.83. The Kier molecular flexibility index (Phi) is 4.59. The molecule has 4 nitrogen and oxygen atoms in total. The van der Waals surface area contributed by atoms with Crippen LogP contribution in [0.15, 0.2) is 30.3 Å². The number of benzene rings is 1. The van der Waals surface area contributed by atoms with Crippen LogP contribution in [0.2, 0.25) is 0 Å². The summed E-state index contributed by atoms with van der Waals surface area (Å²) in [7, 11) is 1.54. The number of hydrogen-bond acceptors (Lipinski definition) is 4. The molecule has 128 valence electrons. The maximum atomic E-state index is 13.2. The molecule has 1 fully saturated rings. The number of aromatic nitrogens is 2. The summed E-state index contributed by atoms with van der Waals surface area (Å²) in [5.41, 5.74) is -0.0496. The molecule has 1 saturated heterocycles. The van der Waals surface area contributed by atoms with Crippen LogP contribution < -0.4 is 9.64 Å². The van der Waals surface area contributed by atoms with E-state index in [9.17, 15) is 13.2 Å². The lowest BCUT2D eigenvalue weighted by molar-refractivity contribution is -0.141. The molecule has 2 aromatic rings. The largest absolute Gasteiger partial charge is 0.497 e. The highest BCUT2D eigenvalue weighted by Gasteiger charge is 2.34. The summed E-state index contributed by atoms with van der Waals surface area (Å²) in [5, 5.41) is 0. The molecule has 0 aliphatic carbocycles. The van der Waals surface area contributed by atoms with Gasteiger partial charge in [0.1, 0.15) is 5.75 Å². The van der Waals surface area contributed by atoms with Gasteiger partial charge >= 0.3 is 6.18 Å². The van der Waals surface area contributed by atoms with Crippen LogP contribution >= 0.6 is 0 Å². The Hall–Kier alpha value is -2.31. The fourth-order valence-electron chi connectivity index (χ4n) is 2.72. The third kappa shape index (κ3) is 3.60. The zero-order chi connectivity index (χ0) is 17.2. The molecule has 0 bridgehead atoms. The molecule has 0 unspecified atom stereocenters. The Morgan fingerprint density at radius 2 is 1.67 bits per heavy atom. The van der Waals surface area contributed by atoms with Gasteiger partial charge in [0.15, 0.2) is 5.69 Å². The average molecular weight is 337 g/mol. The maximum Gasteiger partial charge on any atom is 0.433 e. The number of halogens is 3. The van der Waals surface area contributed by atoms with Gasteiger partial charge in [-0.2, -0.15) is 13.2 Å². The van der Waals surface area contributed by atoms with Crippen molar-refractivity contribution < 1.29 is 17.9 Å². The molecule has 1 aromatic heterocycles. The first-order valence-electron chi connectivity index (χ1n) is 7.83. The molecule has 24 heavy (non-hydrogen) atoms. The zero-order valence-electron chi connectivity index (χ0n) is 13.3. The summed E-state index contributed by atoms with van der Waals surface area (Å²) >= 11 is 0. The van der Waals surface area contributed by atoms with Gasteiger partial charge in [0, 0.05) is 18.7 Å². The number of alkyl halides is 3. The minimum atomic E-state index is -4.51. The van der Waals surface area contributed by atoms with Gasteiger partial charge in [0.2, 0.25) is 5.95 Å². The van der Waals surface area contributed by atoms with Crippen LogP contribution in [0.4, 0.5) is 19.1 Å². The normalized spacial score (nSPS) is 15.4. The molecule has 0 saturated carbocycles. The van der Waals surface area contributed by atoms with Gasteiger partial charge in [-0.1, -0.05) is 0 Å². The summed E-state index contributed by atoms with van der Waals surface area (Å²) in [5.74, 6) is 0.787. The topological polar surface area (TPSA) is 38.2 Å². The first-order chi connectivity index (χ1) is 11.5. The third-order valence-corrected chi connectivity index (χ3v) is 4.03. The Morgan fingerprint density at radius 3 is 2.25 bits per heavy atom. The summed E-state index contributed by atoms with van der Waals surface area (Å²) in [4.78, 5) is 9.95. The molecule has 1 aliphatic rings. The molecule has 3 rings (SSSR count). The van der Waals surface area contributed by atoms with E-state index in [1.165, 1.54) is 7.11 Å². The van der Waals surface area contributed by atoms with Crippen LogP contribution in [0.5, 0.6) is 5.75 Å². The van der Waals surface area contributed by atoms with Crippen molar-refractivity contribution in [3.63, 3.8) is 0 Å². The molecule has 0 spiro atoms. The number of anilines is 1. The van der Waals surface area contributed by atoms with Gasteiger partial charge in [0.25, 0.3) is 0 Å². The van der Waals surface area contributed by atoms with Gasteiger partial charge in [-0.05, 0) is 49.6 Å². The van der Waals surface area contributed by atoms with Crippen molar-refractivity contribution in [3.05, 3.63) is 36.0 Å². The van der Waals surface area contributed by atoms with Crippen molar-refractivity contribution in [2.24, 2.45) is 0 Å². The second-order valence-electron chi connectivity index (χ2n) is 5.71. The summed E-state index contributed by atoms with van der Waals surface area (Å²) in [6.07, 6.45) is -1.54. The number of nitrogens with zero attached hydrogens (tertiary/aromatic N) is 3. The predicted octanol–water partition coefficient (Wildman–Crippen LogP) is 4.16. The fraction of sp³-hybridized carbons (Fsp3) is 0.412. The number of ether oxygens (including phenoxy) is 1. The van der Waals surface area contributed by atoms with Crippen LogP contribution in [0, 0.1) is 0 Å². The lowest BCUT2D eigenvalue weighted by Crippen LogP contribution is -2.31. The van der Waals surface area contributed by atoms with E-state index in [0.717, 1.165) is 25.3 Å². The highest BCUT2D eigenvalue weighted by atomic mass is 19.4. The highest BCUT2D eigenvalue weighted by Crippen LogP contribution is 2.32. The van der Waals surface area contributed by atoms with E-state index in [1.807, 2.05) is 4.90 Å². The smallest absolute Gasteiger partial charge is 0.433 e. The molecular weight excluding hydrogens is 319 g/mol.